The van der Waals surface area contributed by atoms with Crippen LogP contribution in [0.5, 0.6) is 0 Å². The number of nitrogens with one attached hydrogen (secondary N) is 1. The highest BCUT2D eigenvalue weighted by molar-refractivity contribution is 5.70. The zero-order valence-corrected chi connectivity index (χ0v) is 12.1. The summed E-state index contributed by atoms with van der Waals surface area (Å²) in [4.78, 5) is 6.86. The highest BCUT2D eigenvalue weighted by atomic mass is 15.2. The SMILES string of the molecule is CCNCc1cc(N2c3ccccc3CC2C)ccn1. The van der Waals surface area contributed by atoms with E-state index in [1.807, 2.05) is 6.20 Å². The zero-order valence-electron chi connectivity index (χ0n) is 12.1. The van der Waals surface area contributed by atoms with Gasteiger partial charge in [0.2, 0.25) is 0 Å². The second-order valence-corrected chi connectivity index (χ2v) is 5.34. The van der Waals surface area contributed by atoms with Crippen molar-refractivity contribution in [3.63, 3.8) is 0 Å². The molecule has 1 aliphatic rings. The van der Waals surface area contributed by atoms with Gasteiger partial charge in [-0.3, -0.25) is 4.98 Å². The number of nitrogens with zero attached hydrogens (tertiary/aromatic N) is 2. The molecule has 104 valence electrons. The van der Waals surface area contributed by atoms with Gasteiger partial charge in [0.05, 0.1) is 5.69 Å². The predicted octanol–water partition coefficient (Wildman–Crippen LogP) is 3.27. The lowest BCUT2D eigenvalue weighted by molar-refractivity contribution is 0.708. The summed E-state index contributed by atoms with van der Waals surface area (Å²) >= 11 is 0. The summed E-state index contributed by atoms with van der Waals surface area (Å²) in [6, 6.07) is 13.5. The summed E-state index contributed by atoms with van der Waals surface area (Å²) in [5.41, 5.74) is 5.11. The highest BCUT2D eigenvalue weighted by Crippen LogP contribution is 2.37. The van der Waals surface area contributed by atoms with Crippen LogP contribution in [0.1, 0.15) is 25.1 Å². The Balaban J connectivity index is 1.93. The molecule has 3 heteroatoms. The van der Waals surface area contributed by atoms with Crippen molar-refractivity contribution in [2.75, 3.05) is 11.4 Å². The van der Waals surface area contributed by atoms with Gasteiger partial charge in [-0.05, 0) is 43.7 Å². The van der Waals surface area contributed by atoms with Crippen LogP contribution >= 0.6 is 0 Å². The van der Waals surface area contributed by atoms with Crippen LogP contribution in [0.15, 0.2) is 42.6 Å². The van der Waals surface area contributed by atoms with E-state index in [2.05, 4.69) is 65.4 Å². The fraction of sp³-hybridized carbons (Fsp3) is 0.353. The molecule has 1 unspecified atom stereocenters. The summed E-state index contributed by atoms with van der Waals surface area (Å²) in [6.45, 7) is 6.19. The molecule has 0 amide bonds. The molecule has 0 spiro atoms. The fourth-order valence-electron chi connectivity index (χ4n) is 2.92. The third kappa shape index (κ3) is 2.41. The van der Waals surface area contributed by atoms with Gasteiger partial charge in [0, 0.05) is 30.2 Å². The minimum absolute atomic E-state index is 0.502. The first-order valence-electron chi connectivity index (χ1n) is 7.32. The van der Waals surface area contributed by atoms with E-state index in [4.69, 9.17) is 0 Å². The topological polar surface area (TPSA) is 28.2 Å². The Labute approximate surface area is 120 Å². The smallest absolute Gasteiger partial charge is 0.0562 e. The van der Waals surface area contributed by atoms with Crippen LogP contribution < -0.4 is 10.2 Å². The number of para-hydroxylation sites is 1. The van der Waals surface area contributed by atoms with Crippen molar-refractivity contribution in [1.82, 2.24) is 10.3 Å². The second kappa shape index (κ2) is 5.63. The number of hydrogen-bond acceptors (Lipinski definition) is 3. The Morgan fingerprint density at radius 3 is 3.00 bits per heavy atom. The molecule has 2 heterocycles. The van der Waals surface area contributed by atoms with Gasteiger partial charge >= 0.3 is 0 Å². The average molecular weight is 267 g/mol. The van der Waals surface area contributed by atoms with Crippen molar-refractivity contribution in [2.24, 2.45) is 0 Å². The zero-order chi connectivity index (χ0) is 13.9. The van der Waals surface area contributed by atoms with Gasteiger partial charge in [-0.25, -0.2) is 0 Å². The molecule has 3 rings (SSSR count). The number of pyridine rings is 1. The number of rotatable bonds is 4. The van der Waals surface area contributed by atoms with Gasteiger partial charge in [0.1, 0.15) is 0 Å². The first kappa shape index (κ1) is 13.1. The van der Waals surface area contributed by atoms with Crippen LogP contribution in [0, 0.1) is 0 Å². The van der Waals surface area contributed by atoms with Gasteiger partial charge in [-0.15, -0.1) is 0 Å². The second-order valence-electron chi connectivity index (χ2n) is 5.34. The van der Waals surface area contributed by atoms with Gasteiger partial charge in [0.15, 0.2) is 0 Å². The third-order valence-corrected chi connectivity index (χ3v) is 3.84. The van der Waals surface area contributed by atoms with E-state index in [1.54, 1.807) is 0 Å². The third-order valence-electron chi connectivity index (χ3n) is 3.84. The summed E-state index contributed by atoms with van der Waals surface area (Å²) in [5, 5.41) is 3.33. The molecule has 20 heavy (non-hydrogen) atoms. The number of anilines is 2. The molecule has 0 fully saturated rings. The molecule has 1 aromatic heterocycles. The first-order valence-corrected chi connectivity index (χ1v) is 7.32. The maximum atomic E-state index is 4.44. The molecule has 0 radical (unpaired) electrons. The number of hydrogen-bond donors (Lipinski definition) is 1. The molecular formula is C17H21N3. The van der Waals surface area contributed by atoms with E-state index in [9.17, 15) is 0 Å². The quantitative estimate of drug-likeness (QED) is 0.921. The van der Waals surface area contributed by atoms with Crippen LogP contribution in [-0.2, 0) is 13.0 Å². The van der Waals surface area contributed by atoms with Crippen LogP contribution in [0.4, 0.5) is 11.4 Å². The maximum absolute atomic E-state index is 4.44. The van der Waals surface area contributed by atoms with Gasteiger partial charge < -0.3 is 10.2 Å². The van der Waals surface area contributed by atoms with E-state index in [0.717, 1.165) is 25.2 Å². The Bertz CT molecular complexity index is 594. The molecule has 1 N–H and O–H groups in total. The summed E-state index contributed by atoms with van der Waals surface area (Å²) in [5.74, 6) is 0. The largest absolute Gasteiger partial charge is 0.338 e. The highest BCUT2D eigenvalue weighted by Gasteiger charge is 2.26. The number of fused-ring (bicyclic) bond motifs is 1. The Kier molecular flexibility index (Phi) is 3.70. The summed E-state index contributed by atoms with van der Waals surface area (Å²) < 4.78 is 0. The lowest BCUT2D eigenvalue weighted by Crippen LogP contribution is -2.24. The lowest BCUT2D eigenvalue weighted by atomic mass is 10.1. The van der Waals surface area contributed by atoms with Crippen molar-refractivity contribution in [2.45, 2.75) is 32.9 Å². The molecule has 1 aromatic carbocycles. The number of benzene rings is 1. The van der Waals surface area contributed by atoms with Gasteiger partial charge in [-0.1, -0.05) is 25.1 Å². The van der Waals surface area contributed by atoms with E-state index in [-0.39, 0.29) is 0 Å². The fourth-order valence-corrected chi connectivity index (χ4v) is 2.92. The lowest BCUT2D eigenvalue weighted by Gasteiger charge is -2.25. The molecule has 0 bridgehead atoms. The van der Waals surface area contributed by atoms with Crippen molar-refractivity contribution in [1.29, 1.82) is 0 Å². The van der Waals surface area contributed by atoms with E-state index in [1.165, 1.54) is 16.9 Å². The monoisotopic (exact) mass is 267 g/mol. The Hall–Kier alpha value is -1.87. The Morgan fingerprint density at radius 1 is 1.30 bits per heavy atom. The van der Waals surface area contributed by atoms with Crippen LogP contribution in [-0.4, -0.2) is 17.6 Å². The van der Waals surface area contributed by atoms with E-state index in [0.29, 0.717) is 6.04 Å². The Morgan fingerprint density at radius 2 is 2.15 bits per heavy atom. The van der Waals surface area contributed by atoms with Crippen molar-refractivity contribution < 1.29 is 0 Å². The molecule has 0 aliphatic carbocycles. The van der Waals surface area contributed by atoms with E-state index >= 15 is 0 Å². The average Bonchev–Trinajstić information content (AvgIpc) is 2.81. The van der Waals surface area contributed by atoms with Gasteiger partial charge in [0.25, 0.3) is 0 Å². The maximum Gasteiger partial charge on any atom is 0.0562 e. The molecule has 1 atom stereocenters. The normalized spacial score (nSPS) is 17.3. The summed E-state index contributed by atoms with van der Waals surface area (Å²) in [7, 11) is 0. The molecule has 0 saturated heterocycles. The molecular weight excluding hydrogens is 246 g/mol. The predicted molar refractivity (Wildman–Crippen MR) is 83.4 cm³/mol. The minimum Gasteiger partial charge on any atom is -0.338 e. The van der Waals surface area contributed by atoms with Crippen molar-refractivity contribution >= 4 is 11.4 Å². The summed E-state index contributed by atoms with van der Waals surface area (Å²) in [6.07, 6.45) is 3.02. The molecule has 3 nitrogen and oxygen atoms in total. The van der Waals surface area contributed by atoms with Crippen molar-refractivity contribution in [3.8, 4) is 0 Å². The number of aromatic nitrogens is 1. The van der Waals surface area contributed by atoms with Gasteiger partial charge in [-0.2, -0.15) is 0 Å². The van der Waals surface area contributed by atoms with Crippen LogP contribution in [0.3, 0.4) is 0 Å². The van der Waals surface area contributed by atoms with Crippen LogP contribution in [0.2, 0.25) is 0 Å². The van der Waals surface area contributed by atoms with Crippen molar-refractivity contribution in [3.05, 3.63) is 53.9 Å². The minimum atomic E-state index is 0.502. The molecule has 1 aliphatic heterocycles. The molecule has 2 aromatic rings. The first-order chi connectivity index (χ1) is 9.79. The van der Waals surface area contributed by atoms with E-state index < -0.39 is 0 Å². The molecule has 0 saturated carbocycles. The standard InChI is InChI=1S/C17H21N3/c1-3-18-12-15-11-16(8-9-19-15)20-13(2)10-14-6-4-5-7-17(14)20/h4-9,11,13,18H,3,10,12H2,1-2H3. The van der Waals surface area contributed by atoms with Crippen LogP contribution in [0.25, 0.3) is 0 Å².